The van der Waals surface area contributed by atoms with E-state index in [1.165, 1.54) is 13.2 Å². The maximum Gasteiger partial charge on any atom is 0.387 e. The summed E-state index contributed by atoms with van der Waals surface area (Å²) in [6.45, 7) is -1.23. The molecule has 1 aliphatic carbocycles. The van der Waals surface area contributed by atoms with E-state index in [0.29, 0.717) is 23.8 Å². The topological polar surface area (TPSA) is 59.6 Å². The molecule has 3 rings (SSSR count). The predicted molar refractivity (Wildman–Crippen MR) is 96.0 cm³/mol. The van der Waals surface area contributed by atoms with Gasteiger partial charge in [-0.15, -0.1) is 12.4 Å². The zero-order valence-corrected chi connectivity index (χ0v) is 15.5. The standard InChI is InChI=1S/C18H24F2N2O3.ClH/c1-24-14-5-6-15(25-17(19)20)12(8-14)9-22-16(23)18-7-3-2-4-13(18)10-21-11-18;/h5-6,8,13,17,21H,2-4,7,9-11H2,1H3,(H,22,23);1H/t13-,18+;/m0./s1. The van der Waals surface area contributed by atoms with Gasteiger partial charge in [-0.1, -0.05) is 12.8 Å². The Labute approximate surface area is 158 Å². The number of benzene rings is 1. The van der Waals surface area contributed by atoms with E-state index in [0.717, 1.165) is 32.2 Å². The van der Waals surface area contributed by atoms with E-state index in [4.69, 9.17) is 4.74 Å². The Morgan fingerprint density at radius 2 is 2.23 bits per heavy atom. The number of rotatable bonds is 6. The molecule has 2 aliphatic rings. The number of ether oxygens (including phenoxy) is 2. The zero-order chi connectivity index (χ0) is 17.9. The van der Waals surface area contributed by atoms with E-state index in [2.05, 4.69) is 15.4 Å². The van der Waals surface area contributed by atoms with Gasteiger partial charge in [-0.2, -0.15) is 8.78 Å². The Bertz CT molecular complexity index is 632. The van der Waals surface area contributed by atoms with Crippen molar-refractivity contribution >= 4 is 18.3 Å². The fourth-order valence-corrected chi connectivity index (χ4v) is 4.07. The van der Waals surface area contributed by atoms with Gasteiger partial charge in [-0.25, -0.2) is 0 Å². The van der Waals surface area contributed by atoms with Crippen LogP contribution in [-0.4, -0.2) is 32.7 Å². The Balaban J connectivity index is 0.00000243. The highest BCUT2D eigenvalue weighted by Crippen LogP contribution is 2.44. The van der Waals surface area contributed by atoms with Gasteiger partial charge < -0.3 is 20.1 Å². The van der Waals surface area contributed by atoms with Gasteiger partial charge >= 0.3 is 6.61 Å². The van der Waals surface area contributed by atoms with Crippen molar-refractivity contribution in [3.05, 3.63) is 23.8 Å². The van der Waals surface area contributed by atoms with Crippen molar-refractivity contribution in [3.8, 4) is 11.5 Å². The fraction of sp³-hybridized carbons (Fsp3) is 0.611. The second-order valence-electron chi connectivity index (χ2n) is 6.76. The number of hydrogen-bond donors (Lipinski definition) is 2. The minimum atomic E-state index is -2.91. The van der Waals surface area contributed by atoms with E-state index < -0.39 is 6.61 Å². The summed E-state index contributed by atoms with van der Waals surface area (Å²) in [5, 5.41) is 6.27. The number of methoxy groups -OCH3 is 1. The van der Waals surface area contributed by atoms with Crippen LogP contribution in [0.15, 0.2) is 18.2 Å². The van der Waals surface area contributed by atoms with Gasteiger partial charge in [0.15, 0.2) is 0 Å². The molecular formula is C18H25ClF2N2O3. The monoisotopic (exact) mass is 390 g/mol. The van der Waals surface area contributed by atoms with Gasteiger partial charge in [0, 0.05) is 18.7 Å². The quantitative estimate of drug-likeness (QED) is 0.783. The number of carbonyl (C=O) groups is 1. The Kier molecular flexibility index (Phi) is 7.06. The summed E-state index contributed by atoms with van der Waals surface area (Å²) >= 11 is 0. The summed E-state index contributed by atoms with van der Waals surface area (Å²) < 4.78 is 34.9. The van der Waals surface area contributed by atoms with Crippen molar-refractivity contribution in [1.82, 2.24) is 10.6 Å². The van der Waals surface area contributed by atoms with Crippen LogP contribution in [0.1, 0.15) is 31.2 Å². The third kappa shape index (κ3) is 4.20. The molecule has 1 aromatic carbocycles. The van der Waals surface area contributed by atoms with Crippen LogP contribution in [-0.2, 0) is 11.3 Å². The molecule has 1 aliphatic heterocycles. The molecule has 0 aromatic heterocycles. The first-order valence-corrected chi connectivity index (χ1v) is 8.66. The molecule has 1 aromatic rings. The number of carbonyl (C=O) groups excluding carboxylic acids is 1. The third-order valence-corrected chi connectivity index (χ3v) is 5.41. The van der Waals surface area contributed by atoms with Crippen molar-refractivity contribution in [2.75, 3.05) is 20.2 Å². The Morgan fingerprint density at radius 1 is 1.42 bits per heavy atom. The summed E-state index contributed by atoms with van der Waals surface area (Å²) in [7, 11) is 1.50. The van der Waals surface area contributed by atoms with Gasteiger partial charge in [0.1, 0.15) is 11.5 Å². The maximum atomic E-state index is 12.9. The molecule has 146 valence electrons. The van der Waals surface area contributed by atoms with E-state index in [1.54, 1.807) is 12.1 Å². The van der Waals surface area contributed by atoms with Gasteiger partial charge in [0.25, 0.3) is 0 Å². The number of nitrogens with one attached hydrogen (secondary N) is 2. The highest BCUT2D eigenvalue weighted by Gasteiger charge is 2.49. The molecule has 8 heteroatoms. The summed E-state index contributed by atoms with van der Waals surface area (Å²) in [6.07, 6.45) is 4.13. The molecular weight excluding hydrogens is 366 g/mol. The van der Waals surface area contributed by atoms with Crippen molar-refractivity contribution in [2.45, 2.75) is 38.8 Å². The third-order valence-electron chi connectivity index (χ3n) is 5.41. The van der Waals surface area contributed by atoms with Crippen LogP contribution in [0.4, 0.5) is 8.78 Å². The molecule has 1 saturated carbocycles. The number of halogens is 3. The number of amides is 1. The molecule has 2 N–H and O–H groups in total. The van der Waals surface area contributed by atoms with Crippen LogP contribution in [0.2, 0.25) is 0 Å². The summed E-state index contributed by atoms with van der Waals surface area (Å²) in [6, 6.07) is 4.60. The van der Waals surface area contributed by atoms with Gasteiger partial charge in [0.2, 0.25) is 5.91 Å². The normalized spacial score (nSPS) is 24.5. The second kappa shape index (κ2) is 8.86. The SMILES string of the molecule is COc1ccc(OC(F)F)c(CNC(=O)[C@@]23CCCC[C@H]2CNC3)c1.Cl. The van der Waals surface area contributed by atoms with Crippen LogP contribution in [0.5, 0.6) is 11.5 Å². The fourth-order valence-electron chi connectivity index (χ4n) is 4.07. The minimum absolute atomic E-state index is 0. The lowest BCUT2D eigenvalue weighted by Crippen LogP contribution is -2.47. The van der Waals surface area contributed by atoms with Crippen LogP contribution in [0, 0.1) is 11.3 Å². The zero-order valence-electron chi connectivity index (χ0n) is 14.7. The molecule has 0 radical (unpaired) electrons. The van der Waals surface area contributed by atoms with E-state index in [-0.39, 0.29) is 36.0 Å². The lowest BCUT2D eigenvalue weighted by molar-refractivity contribution is -0.134. The van der Waals surface area contributed by atoms with Crippen LogP contribution >= 0.6 is 12.4 Å². The summed E-state index contributed by atoms with van der Waals surface area (Å²) in [5.74, 6) is 0.928. The highest BCUT2D eigenvalue weighted by molar-refractivity contribution is 5.85. The van der Waals surface area contributed by atoms with E-state index in [1.807, 2.05) is 0 Å². The first kappa shape index (κ1) is 20.7. The van der Waals surface area contributed by atoms with Crippen molar-refractivity contribution in [3.63, 3.8) is 0 Å². The number of hydrogen-bond acceptors (Lipinski definition) is 4. The maximum absolute atomic E-state index is 12.9. The highest BCUT2D eigenvalue weighted by atomic mass is 35.5. The molecule has 0 unspecified atom stereocenters. The second-order valence-corrected chi connectivity index (χ2v) is 6.76. The average Bonchev–Trinajstić information content (AvgIpc) is 3.05. The molecule has 2 fully saturated rings. The predicted octanol–water partition coefficient (Wildman–Crippen LogP) is 3.11. The van der Waals surface area contributed by atoms with E-state index in [9.17, 15) is 13.6 Å². The Morgan fingerprint density at radius 3 is 2.96 bits per heavy atom. The molecule has 0 bridgehead atoms. The van der Waals surface area contributed by atoms with Gasteiger partial charge in [0.05, 0.1) is 12.5 Å². The molecule has 26 heavy (non-hydrogen) atoms. The van der Waals surface area contributed by atoms with Crippen LogP contribution < -0.4 is 20.1 Å². The van der Waals surface area contributed by atoms with Crippen molar-refractivity contribution < 1.29 is 23.0 Å². The summed E-state index contributed by atoms with van der Waals surface area (Å²) in [4.78, 5) is 12.9. The number of alkyl halides is 2. The average molecular weight is 391 g/mol. The Hall–Kier alpha value is -1.60. The van der Waals surface area contributed by atoms with E-state index >= 15 is 0 Å². The number of fused-ring (bicyclic) bond motifs is 1. The minimum Gasteiger partial charge on any atom is -0.497 e. The molecule has 5 nitrogen and oxygen atoms in total. The first-order chi connectivity index (χ1) is 12.0. The molecule has 0 spiro atoms. The van der Waals surface area contributed by atoms with Crippen LogP contribution in [0.3, 0.4) is 0 Å². The first-order valence-electron chi connectivity index (χ1n) is 8.66. The molecule has 2 atom stereocenters. The molecule has 1 saturated heterocycles. The largest absolute Gasteiger partial charge is 0.497 e. The van der Waals surface area contributed by atoms with Crippen molar-refractivity contribution in [2.24, 2.45) is 11.3 Å². The lowest BCUT2D eigenvalue weighted by atomic mass is 9.67. The summed E-state index contributed by atoms with van der Waals surface area (Å²) in [5.41, 5.74) is 0.101. The molecule has 1 amide bonds. The van der Waals surface area contributed by atoms with Gasteiger partial charge in [-0.05, 0) is 43.5 Å². The van der Waals surface area contributed by atoms with Crippen LogP contribution in [0.25, 0.3) is 0 Å². The molecule has 1 heterocycles. The lowest BCUT2D eigenvalue weighted by Gasteiger charge is -2.37. The van der Waals surface area contributed by atoms with Crippen molar-refractivity contribution in [1.29, 1.82) is 0 Å². The van der Waals surface area contributed by atoms with Gasteiger partial charge in [-0.3, -0.25) is 4.79 Å². The smallest absolute Gasteiger partial charge is 0.387 e.